The minimum Gasteiger partial charge on any atom is -0.478 e. The molecule has 0 atom stereocenters. The Balaban J connectivity index is 1.70. The number of hydrogen-bond acceptors (Lipinski definition) is 5. The molecule has 0 fully saturated rings. The van der Waals surface area contributed by atoms with E-state index in [1.54, 1.807) is 6.08 Å². The van der Waals surface area contributed by atoms with E-state index in [1.165, 1.54) is 23.1 Å². The molecule has 122 valence electrons. The molecule has 5 nitrogen and oxygen atoms in total. The maximum atomic E-state index is 11.2. The van der Waals surface area contributed by atoms with Gasteiger partial charge in [0.05, 0.1) is 17.5 Å². The van der Waals surface area contributed by atoms with E-state index in [0.717, 1.165) is 24.1 Å². The van der Waals surface area contributed by atoms with E-state index >= 15 is 0 Å². The highest BCUT2D eigenvalue weighted by Crippen LogP contribution is 2.27. The van der Waals surface area contributed by atoms with Gasteiger partial charge in [0.25, 0.3) is 0 Å². The van der Waals surface area contributed by atoms with E-state index in [9.17, 15) is 9.90 Å². The van der Waals surface area contributed by atoms with E-state index in [-0.39, 0.29) is 0 Å². The van der Waals surface area contributed by atoms with Crippen molar-refractivity contribution < 1.29 is 9.90 Å². The number of hydrogen-bond donors (Lipinski definition) is 2. The van der Waals surface area contributed by atoms with Gasteiger partial charge in [-0.1, -0.05) is 36.4 Å². The van der Waals surface area contributed by atoms with Crippen molar-refractivity contribution in [1.29, 1.82) is 0 Å². The van der Waals surface area contributed by atoms with Crippen LogP contribution >= 0.6 is 11.3 Å². The molecular weight excluding hydrogens is 322 g/mol. The van der Waals surface area contributed by atoms with E-state index in [4.69, 9.17) is 0 Å². The fraction of sp³-hybridized carbons (Fsp3) is 0.167. The SMILES string of the molecule is Cc1ccccc1-c1csc(N/N=C/C2=CCCC=C2C(=O)O)n1. The molecule has 0 unspecified atom stereocenters. The Labute approximate surface area is 144 Å². The Morgan fingerprint density at radius 3 is 2.92 bits per heavy atom. The van der Waals surface area contributed by atoms with Crippen molar-refractivity contribution in [3.8, 4) is 11.3 Å². The first-order valence-electron chi connectivity index (χ1n) is 7.60. The number of allylic oxidation sites excluding steroid dienone is 2. The van der Waals surface area contributed by atoms with E-state index in [1.807, 2.05) is 29.7 Å². The summed E-state index contributed by atoms with van der Waals surface area (Å²) < 4.78 is 0. The molecule has 1 heterocycles. The lowest BCUT2D eigenvalue weighted by Gasteiger charge is -2.08. The van der Waals surface area contributed by atoms with Crippen molar-refractivity contribution in [2.75, 3.05) is 5.43 Å². The van der Waals surface area contributed by atoms with Gasteiger partial charge in [0.2, 0.25) is 5.13 Å². The quantitative estimate of drug-likeness (QED) is 0.631. The van der Waals surface area contributed by atoms with Crippen molar-refractivity contribution in [3.05, 3.63) is 58.5 Å². The number of thiazole rings is 1. The average Bonchev–Trinajstić information content (AvgIpc) is 3.04. The van der Waals surface area contributed by atoms with Crippen LogP contribution in [-0.4, -0.2) is 22.3 Å². The van der Waals surface area contributed by atoms with Crippen LogP contribution < -0.4 is 5.43 Å². The van der Waals surface area contributed by atoms with Crippen molar-refractivity contribution in [3.63, 3.8) is 0 Å². The third-order valence-corrected chi connectivity index (χ3v) is 4.46. The van der Waals surface area contributed by atoms with Crippen LogP contribution in [0.3, 0.4) is 0 Å². The summed E-state index contributed by atoms with van der Waals surface area (Å²) in [4.78, 5) is 15.7. The number of aromatic nitrogens is 1. The first-order chi connectivity index (χ1) is 11.6. The predicted octanol–water partition coefficient (Wildman–Crippen LogP) is 4.25. The largest absolute Gasteiger partial charge is 0.478 e. The Morgan fingerprint density at radius 2 is 2.12 bits per heavy atom. The zero-order valence-electron chi connectivity index (χ0n) is 13.2. The summed E-state index contributed by atoms with van der Waals surface area (Å²) in [5.41, 5.74) is 6.96. The number of carboxylic acid groups (broad SMARTS) is 1. The van der Waals surface area contributed by atoms with Crippen LogP contribution in [0.5, 0.6) is 0 Å². The standard InChI is InChI=1S/C18H17N3O2S/c1-12-6-2-4-8-14(12)16-11-24-18(20-16)21-19-10-13-7-3-5-9-15(13)17(22)23/h2,4,6-11H,3,5H2,1H3,(H,20,21)(H,22,23)/b19-10+. The first kappa shape index (κ1) is 16.1. The van der Waals surface area contributed by atoms with Gasteiger partial charge in [-0.05, 0) is 25.3 Å². The van der Waals surface area contributed by atoms with Gasteiger partial charge in [-0.2, -0.15) is 5.10 Å². The van der Waals surface area contributed by atoms with E-state index < -0.39 is 5.97 Å². The van der Waals surface area contributed by atoms with Gasteiger partial charge in [-0.3, -0.25) is 5.43 Å². The number of benzene rings is 1. The van der Waals surface area contributed by atoms with E-state index in [0.29, 0.717) is 16.3 Å². The Hall–Kier alpha value is -2.73. The molecule has 1 aliphatic rings. The molecule has 0 saturated heterocycles. The average molecular weight is 339 g/mol. The van der Waals surface area contributed by atoms with Crippen molar-refractivity contribution >= 4 is 28.7 Å². The predicted molar refractivity (Wildman–Crippen MR) is 97.4 cm³/mol. The molecular formula is C18H17N3O2S. The molecule has 0 bridgehead atoms. The number of hydrazone groups is 1. The maximum Gasteiger partial charge on any atom is 0.336 e. The zero-order chi connectivity index (χ0) is 16.9. The van der Waals surface area contributed by atoms with Gasteiger partial charge >= 0.3 is 5.97 Å². The lowest BCUT2D eigenvalue weighted by molar-refractivity contribution is -0.132. The molecule has 0 radical (unpaired) electrons. The van der Waals surface area contributed by atoms with Crippen molar-refractivity contribution in [2.24, 2.45) is 5.10 Å². The van der Waals surface area contributed by atoms with Gasteiger partial charge < -0.3 is 5.11 Å². The third-order valence-electron chi connectivity index (χ3n) is 3.71. The number of aryl methyl sites for hydroxylation is 1. The van der Waals surface area contributed by atoms with E-state index in [2.05, 4.69) is 28.5 Å². The summed E-state index contributed by atoms with van der Waals surface area (Å²) in [6, 6.07) is 8.08. The lowest BCUT2D eigenvalue weighted by atomic mass is 9.99. The minimum atomic E-state index is -0.927. The smallest absolute Gasteiger partial charge is 0.336 e. The summed E-state index contributed by atoms with van der Waals surface area (Å²) >= 11 is 1.46. The molecule has 0 amide bonds. The minimum absolute atomic E-state index is 0.298. The van der Waals surface area contributed by atoms with Gasteiger partial charge in [0, 0.05) is 16.5 Å². The number of anilines is 1. The second kappa shape index (κ2) is 7.23. The van der Waals surface area contributed by atoms with Crippen LogP contribution in [0.15, 0.2) is 58.0 Å². The third kappa shape index (κ3) is 3.60. The van der Waals surface area contributed by atoms with Crippen LogP contribution in [0.4, 0.5) is 5.13 Å². The molecule has 1 aromatic carbocycles. The summed E-state index contributed by atoms with van der Waals surface area (Å²) in [5.74, 6) is -0.927. The number of carbonyl (C=O) groups is 1. The molecule has 2 aromatic rings. The van der Waals surface area contributed by atoms with Gasteiger partial charge in [-0.15, -0.1) is 11.3 Å². The molecule has 1 aliphatic carbocycles. The van der Waals surface area contributed by atoms with Crippen LogP contribution in [0.25, 0.3) is 11.3 Å². The monoisotopic (exact) mass is 339 g/mol. The molecule has 3 rings (SSSR count). The lowest BCUT2D eigenvalue weighted by Crippen LogP contribution is -2.08. The maximum absolute atomic E-state index is 11.2. The van der Waals surface area contributed by atoms with Gasteiger partial charge in [0.15, 0.2) is 0 Å². The Morgan fingerprint density at radius 1 is 1.33 bits per heavy atom. The van der Waals surface area contributed by atoms with Crippen molar-refractivity contribution in [2.45, 2.75) is 19.8 Å². The molecule has 0 saturated carbocycles. The van der Waals surface area contributed by atoms with Crippen LogP contribution in [0.2, 0.25) is 0 Å². The molecule has 1 aromatic heterocycles. The second-order valence-electron chi connectivity index (χ2n) is 5.38. The number of aliphatic carboxylic acids is 1. The summed E-state index contributed by atoms with van der Waals surface area (Å²) in [6.45, 7) is 2.05. The molecule has 24 heavy (non-hydrogen) atoms. The summed E-state index contributed by atoms with van der Waals surface area (Å²) in [6.07, 6.45) is 6.72. The fourth-order valence-corrected chi connectivity index (χ4v) is 3.15. The highest BCUT2D eigenvalue weighted by atomic mass is 32.1. The summed E-state index contributed by atoms with van der Waals surface area (Å²) in [5, 5.41) is 15.9. The highest BCUT2D eigenvalue weighted by molar-refractivity contribution is 7.14. The topological polar surface area (TPSA) is 74.6 Å². The molecule has 2 N–H and O–H groups in total. The zero-order valence-corrected chi connectivity index (χ0v) is 14.0. The van der Waals surface area contributed by atoms with Crippen LogP contribution in [0, 0.1) is 6.92 Å². The van der Waals surface area contributed by atoms with Crippen LogP contribution in [-0.2, 0) is 4.79 Å². The number of nitrogens with one attached hydrogen (secondary N) is 1. The van der Waals surface area contributed by atoms with Crippen molar-refractivity contribution in [1.82, 2.24) is 4.98 Å². The van der Waals surface area contributed by atoms with Crippen LogP contribution in [0.1, 0.15) is 18.4 Å². The number of nitrogens with zero attached hydrogens (tertiary/aromatic N) is 2. The number of rotatable bonds is 5. The normalized spacial score (nSPS) is 14.4. The highest BCUT2D eigenvalue weighted by Gasteiger charge is 2.14. The van der Waals surface area contributed by atoms with Gasteiger partial charge in [-0.25, -0.2) is 9.78 Å². The van der Waals surface area contributed by atoms with Gasteiger partial charge in [0.1, 0.15) is 0 Å². The fourth-order valence-electron chi connectivity index (χ4n) is 2.49. The Bertz CT molecular complexity index is 849. The Kier molecular flexibility index (Phi) is 4.86. The number of carboxylic acids is 1. The first-order valence-corrected chi connectivity index (χ1v) is 8.47. The molecule has 6 heteroatoms. The second-order valence-corrected chi connectivity index (χ2v) is 6.24. The molecule has 0 spiro atoms. The molecule has 0 aliphatic heterocycles. The summed E-state index contributed by atoms with van der Waals surface area (Å²) in [7, 11) is 0.